The highest BCUT2D eigenvalue weighted by Crippen LogP contribution is 2.28. The van der Waals surface area contributed by atoms with Gasteiger partial charge in [0.2, 0.25) is 9.84 Å². The summed E-state index contributed by atoms with van der Waals surface area (Å²) < 4.78 is 29.1. The number of benzene rings is 1. The Bertz CT molecular complexity index is 1140. The molecule has 0 saturated carbocycles. The van der Waals surface area contributed by atoms with Gasteiger partial charge >= 0.3 is 0 Å². The van der Waals surface area contributed by atoms with Gasteiger partial charge in [0, 0.05) is 30.3 Å². The van der Waals surface area contributed by atoms with Crippen molar-refractivity contribution in [3.8, 4) is 0 Å². The number of thiazole rings is 1. The predicted molar refractivity (Wildman–Crippen MR) is 91.9 cm³/mol. The van der Waals surface area contributed by atoms with E-state index in [2.05, 4.69) is 4.98 Å². The first-order valence-corrected chi connectivity index (χ1v) is 9.74. The maximum Gasteiger partial charge on any atom is 0.201 e. The van der Waals surface area contributed by atoms with Gasteiger partial charge in [-0.1, -0.05) is 17.7 Å². The molecule has 5 nitrogen and oxygen atoms in total. The van der Waals surface area contributed by atoms with Gasteiger partial charge in [0.1, 0.15) is 0 Å². The summed E-state index contributed by atoms with van der Waals surface area (Å²) in [4.78, 5) is 4.67. The number of sulfone groups is 1. The second-order valence-electron chi connectivity index (χ2n) is 5.34. The highest BCUT2D eigenvalue weighted by molar-refractivity contribution is 7.90. The van der Waals surface area contributed by atoms with E-state index in [1.807, 2.05) is 42.1 Å². The van der Waals surface area contributed by atoms with Crippen molar-refractivity contribution in [2.24, 2.45) is 7.05 Å². The third kappa shape index (κ3) is 2.36. The average Bonchev–Trinajstić information content (AvgIpc) is 3.13. The molecule has 1 aromatic carbocycles. The molecule has 3 aromatic heterocycles. The SMILES string of the molecule is Cn1ccc2cc(CS(=O)(=O)c3c(Cl)nc4sccn34)ccc21. The van der Waals surface area contributed by atoms with Gasteiger partial charge in [-0.25, -0.2) is 13.4 Å². The number of hydrogen-bond donors (Lipinski definition) is 0. The summed E-state index contributed by atoms with van der Waals surface area (Å²) in [7, 11) is -1.63. The summed E-state index contributed by atoms with van der Waals surface area (Å²) >= 11 is 7.40. The topological polar surface area (TPSA) is 56.4 Å². The minimum absolute atomic E-state index is 0.0256. The van der Waals surface area contributed by atoms with Gasteiger partial charge in [0.15, 0.2) is 15.1 Å². The second-order valence-corrected chi connectivity index (χ2v) is 8.48. The molecule has 0 aliphatic carbocycles. The Labute approximate surface area is 141 Å². The Kier molecular flexibility index (Phi) is 3.26. The maximum atomic E-state index is 12.8. The zero-order valence-corrected chi connectivity index (χ0v) is 14.5. The van der Waals surface area contributed by atoms with E-state index in [0.29, 0.717) is 4.96 Å². The van der Waals surface area contributed by atoms with Crippen LogP contribution in [-0.4, -0.2) is 22.4 Å². The third-order valence-corrected chi connectivity index (χ3v) is 6.60. The first kappa shape index (κ1) is 14.7. The van der Waals surface area contributed by atoms with Gasteiger partial charge in [-0.2, -0.15) is 0 Å². The molecule has 0 radical (unpaired) electrons. The minimum atomic E-state index is -3.59. The molecule has 0 N–H and O–H groups in total. The van der Waals surface area contributed by atoms with Crippen LogP contribution in [0.15, 0.2) is 47.1 Å². The molecule has 0 bridgehead atoms. The van der Waals surface area contributed by atoms with Crippen LogP contribution in [0.1, 0.15) is 5.56 Å². The normalized spacial score (nSPS) is 12.4. The lowest BCUT2D eigenvalue weighted by Gasteiger charge is -2.05. The molecule has 0 aliphatic heterocycles. The van der Waals surface area contributed by atoms with Crippen molar-refractivity contribution in [1.29, 1.82) is 0 Å². The van der Waals surface area contributed by atoms with E-state index < -0.39 is 9.84 Å². The second kappa shape index (κ2) is 5.09. The van der Waals surface area contributed by atoms with Crippen molar-refractivity contribution < 1.29 is 8.42 Å². The number of hydrogen-bond acceptors (Lipinski definition) is 4. The van der Waals surface area contributed by atoms with Crippen molar-refractivity contribution in [3.63, 3.8) is 0 Å². The van der Waals surface area contributed by atoms with E-state index in [0.717, 1.165) is 16.5 Å². The number of aryl methyl sites for hydroxylation is 1. The Balaban J connectivity index is 1.79. The molecule has 0 aliphatic rings. The van der Waals surface area contributed by atoms with Crippen LogP contribution in [-0.2, 0) is 22.6 Å². The molecule has 0 saturated heterocycles. The van der Waals surface area contributed by atoms with Crippen LogP contribution in [0, 0.1) is 0 Å². The van der Waals surface area contributed by atoms with Crippen LogP contribution < -0.4 is 0 Å². The summed E-state index contributed by atoms with van der Waals surface area (Å²) in [5.41, 5.74) is 1.79. The van der Waals surface area contributed by atoms with Crippen molar-refractivity contribution in [2.75, 3.05) is 0 Å². The van der Waals surface area contributed by atoms with E-state index in [1.54, 1.807) is 11.6 Å². The van der Waals surface area contributed by atoms with E-state index in [1.165, 1.54) is 15.7 Å². The maximum absolute atomic E-state index is 12.8. The lowest BCUT2D eigenvalue weighted by Crippen LogP contribution is -2.08. The third-order valence-electron chi connectivity index (χ3n) is 3.78. The lowest BCUT2D eigenvalue weighted by atomic mass is 10.2. The molecule has 8 heteroatoms. The van der Waals surface area contributed by atoms with Crippen molar-refractivity contribution in [2.45, 2.75) is 10.8 Å². The van der Waals surface area contributed by atoms with E-state index in [9.17, 15) is 8.42 Å². The summed E-state index contributed by atoms with van der Waals surface area (Å²) in [6.07, 6.45) is 3.62. The fraction of sp³-hybridized carbons (Fsp3) is 0.133. The van der Waals surface area contributed by atoms with Gasteiger partial charge in [-0.3, -0.25) is 4.40 Å². The fourth-order valence-electron chi connectivity index (χ4n) is 2.73. The van der Waals surface area contributed by atoms with Crippen molar-refractivity contribution in [3.05, 3.63) is 52.8 Å². The lowest BCUT2D eigenvalue weighted by molar-refractivity contribution is 0.590. The highest BCUT2D eigenvalue weighted by Gasteiger charge is 2.25. The molecule has 0 amide bonds. The summed E-state index contributed by atoms with van der Waals surface area (Å²) in [5.74, 6) is -0.110. The number of aromatic nitrogens is 3. The zero-order chi connectivity index (χ0) is 16.2. The fourth-order valence-corrected chi connectivity index (χ4v) is 5.58. The highest BCUT2D eigenvalue weighted by atomic mass is 35.5. The standard InChI is InChI=1S/C15H12ClN3O2S2/c1-18-5-4-11-8-10(2-3-12(11)18)9-23(20,21)14-13(16)17-15-19(14)6-7-22-15/h2-8H,9H2,1H3. The number of nitrogens with zero attached hydrogens (tertiary/aromatic N) is 3. The van der Waals surface area contributed by atoms with Gasteiger partial charge in [0.05, 0.1) is 5.75 Å². The number of fused-ring (bicyclic) bond motifs is 2. The van der Waals surface area contributed by atoms with Gasteiger partial charge < -0.3 is 4.57 Å². The van der Waals surface area contributed by atoms with Crippen molar-refractivity contribution in [1.82, 2.24) is 14.0 Å². The van der Waals surface area contributed by atoms with Gasteiger partial charge in [-0.15, -0.1) is 11.3 Å². The van der Waals surface area contributed by atoms with E-state index in [4.69, 9.17) is 11.6 Å². The Morgan fingerprint density at radius 3 is 2.91 bits per heavy atom. The molecule has 4 aromatic rings. The molecule has 0 spiro atoms. The molecule has 118 valence electrons. The molecule has 3 heterocycles. The number of halogens is 1. The van der Waals surface area contributed by atoms with Crippen molar-refractivity contribution >= 4 is 48.6 Å². The monoisotopic (exact) mass is 365 g/mol. The van der Waals surface area contributed by atoms with E-state index >= 15 is 0 Å². The zero-order valence-electron chi connectivity index (χ0n) is 12.1. The Hall–Kier alpha value is -1.83. The molecule has 0 fully saturated rings. The quantitative estimate of drug-likeness (QED) is 0.558. The molecule has 0 unspecified atom stereocenters. The average molecular weight is 366 g/mol. The first-order valence-electron chi connectivity index (χ1n) is 6.83. The predicted octanol–water partition coefficient (Wildman–Crippen LogP) is 3.51. The van der Waals surface area contributed by atoms with Gasteiger partial charge in [-0.05, 0) is 29.1 Å². The van der Waals surface area contributed by atoms with Crippen LogP contribution in [0.4, 0.5) is 0 Å². The van der Waals surface area contributed by atoms with E-state index in [-0.39, 0.29) is 15.9 Å². The van der Waals surface area contributed by atoms with Crippen LogP contribution in [0.3, 0.4) is 0 Å². The summed E-state index contributed by atoms with van der Waals surface area (Å²) in [6, 6.07) is 7.62. The molecular weight excluding hydrogens is 354 g/mol. The smallest absolute Gasteiger partial charge is 0.201 e. The Morgan fingerprint density at radius 2 is 2.09 bits per heavy atom. The van der Waals surface area contributed by atoms with Crippen LogP contribution in [0.25, 0.3) is 15.9 Å². The first-order chi connectivity index (χ1) is 11.0. The Morgan fingerprint density at radius 1 is 1.26 bits per heavy atom. The van der Waals surface area contributed by atoms with Crippen LogP contribution in [0.5, 0.6) is 0 Å². The number of rotatable bonds is 3. The van der Waals surface area contributed by atoms with Crippen LogP contribution >= 0.6 is 22.9 Å². The molecule has 0 atom stereocenters. The van der Waals surface area contributed by atoms with Crippen LogP contribution in [0.2, 0.25) is 5.15 Å². The number of imidazole rings is 1. The molecular formula is C15H12ClN3O2S2. The molecule has 4 rings (SSSR count). The molecule has 23 heavy (non-hydrogen) atoms. The largest absolute Gasteiger partial charge is 0.351 e. The summed E-state index contributed by atoms with van der Waals surface area (Å²) in [6.45, 7) is 0. The minimum Gasteiger partial charge on any atom is -0.351 e. The van der Waals surface area contributed by atoms with Gasteiger partial charge in [0.25, 0.3) is 0 Å². The summed E-state index contributed by atoms with van der Waals surface area (Å²) in [5, 5.41) is 2.88.